The van der Waals surface area contributed by atoms with Gasteiger partial charge in [-0.15, -0.1) is 0 Å². The highest BCUT2D eigenvalue weighted by molar-refractivity contribution is 7.98. The fourth-order valence-corrected chi connectivity index (χ4v) is 2.89. The number of nitrogens with zero attached hydrogens (tertiary/aromatic N) is 2. The van der Waals surface area contributed by atoms with Crippen LogP contribution in [0.5, 0.6) is 0 Å². The largest absolute Gasteiger partial charge is 0.287 e. The zero-order valence-corrected chi connectivity index (χ0v) is 13.3. The standard InChI is InChI=1S/C18H18N2S/c1-13-4-8-15(9-5-13)17-12-19-18(21-3)20(17)16-10-6-14(2)7-11-16/h4-12H,1-3H3. The summed E-state index contributed by atoms with van der Waals surface area (Å²) in [6.07, 6.45) is 4.02. The van der Waals surface area contributed by atoms with Crippen LogP contribution in [0.1, 0.15) is 11.1 Å². The minimum atomic E-state index is 1.01. The molecule has 0 aliphatic rings. The highest BCUT2D eigenvalue weighted by atomic mass is 32.2. The Labute approximate surface area is 129 Å². The van der Waals surface area contributed by atoms with Gasteiger partial charge in [-0.3, -0.25) is 4.57 Å². The van der Waals surface area contributed by atoms with Gasteiger partial charge in [-0.25, -0.2) is 4.98 Å². The molecule has 0 saturated heterocycles. The summed E-state index contributed by atoms with van der Waals surface area (Å²) in [5.74, 6) is 0. The molecule has 0 amide bonds. The lowest BCUT2D eigenvalue weighted by molar-refractivity contribution is 0.902. The van der Waals surface area contributed by atoms with E-state index >= 15 is 0 Å². The van der Waals surface area contributed by atoms with E-state index in [1.807, 2.05) is 6.20 Å². The summed E-state index contributed by atoms with van der Waals surface area (Å²) in [5, 5.41) is 1.01. The van der Waals surface area contributed by atoms with E-state index in [1.54, 1.807) is 11.8 Å². The van der Waals surface area contributed by atoms with Gasteiger partial charge in [-0.05, 0) is 32.2 Å². The molecule has 0 radical (unpaired) electrons. The molecule has 21 heavy (non-hydrogen) atoms. The number of rotatable bonds is 3. The van der Waals surface area contributed by atoms with Gasteiger partial charge in [0.1, 0.15) is 0 Å². The van der Waals surface area contributed by atoms with Crippen LogP contribution in [0.25, 0.3) is 16.9 Å². The fraction of sp³-hybridized carbons (Fsp3) is 0.167. The molecule has 0 N–H and O–H groups in total. The van der Waals surface area contributed by atoms with Crippen molar-refractivity contribution < 1.29 is 0 Å². The van der Waals surface area contributed by atoms with Gasteiger partial charge >= 0.3 is 0 Å². The Balaban J connectivity index is 2.16. The summed E-state index contributed by atoms with van der Waals surface area (Å²) in [4.78, 5) is 4.56. The first kappa shape index (κ1) is 14.0. The summed E-state index contributed by atoms with van der Waals surface area (Å²) in [6.45, 7) is 4.21. The van der Waals surface area contributed by atoms with E-state index in [2.05, 4.69) is 78.2 Å². The minimum absolute atomic E-state index is 1.01. The Kier molecular flexibility index (Phi) is 3.84. The van der Waals surface area contributed by atoms with E-state index in [1.165, 1.54) is 16.7 Å². The van der Waals surface area contributed by atoms with Crippen molar-refractivity contribution in [3.8, 4) is 16.9 Å². The number of imidazole rings is 1. The average molecular weight is 294 g/mol. The van der Waals surface area contributed by atoms with Gasteiger partial charge in [-0.1, -0.05) is 59.3 Å². The van der Waals surface area contributed by atoms with Crippen molar-refractivity contribution in [2.75, 3.05) is 6.26 Å². The molecule has 1 heterocycles. The predicted molar refractivity (Wildman–Crippen MR) is 90.3 cm³/mol. The second-order valence-corrected chi connectivity index (χ2v) is 5.94. The molecule has 3 rings (SSSR count). The molecule has 0 fully saturated rings. The molecule has 0 unspecified atom stereocenters. The lowest BCUT2D eigenvalue weighted by atomic mass is 10.1. The Hall–Kier alpha value is -2.00. The highest BCUT2D eigenvalue weighted by Crippen LogP contribution is 2.29. The Morgan fingerprint density at radius 3 is 2.00 bits per heavy atom. The summed E-state index contributed by atoms with van der Waals surface area (Å²) in [7, 11) is 0. The molecule has 3 heteroatoms. The number of thioether (sulfide) groups is 1. The molecule has 0 atom stereocenters. The van der Waals surface area contributed by atoms with Crippen molar-refractivity contribution in [2.45, 2.75) is 19.0 Å². The Morgan fingerprint density at radius 2 is 1.43 bits per heavy atom. The first-order chi connectivity index (χ1) is 10.2. The van der Waals surface area contributed by atoms with E-state index in [-0.39, 0.29) is 0 Å². The number of aryl methyl sites for hydroxylation is 2. The molecule has 0 aliphatic heterocycles. The monoisotopic (exact) mass is 294 g/mol. The maximum atomic E-state index is 4.56. The third-order valence-electron chi connectivity index (χ3n) is 3.55. The van der Waals surface area contributed by atoms with E-state index in [9.17, 15) is 0 Å². The van der Waals surface area contributed by atoms with Gasteiger partial charge in [0.05, 0.1) is 11.9 Å². The first-order valence-electron chi connectivity index (χ1n) is 6.95. The molecular weight excluding hydrogens is 276 g/mol. The highest BCUT2D eigenvalue weighted by Gasteiger charge is 2.12. The summed E-state index contributed by atoms with van der Waals surface area (Å²) >= 11 is 1.66. The van der Waals surface area contributed by atoms with Crippen molar-refractivity contribution in [3.05, 3.63) is 65.9 Å². The summed E-state index contributed by atoms with van der Waals surface area (Å²) in [6, 6.07) is 17.2. The number of aromatic nitrogens is 2. The van der Waals surface area contributed by atoms with Crippen molar-refractivity contribution in [2.24, 2.45) is 0 Å². The minimum Gasteiger partial charge on any atom is -0.287 e. The molecule has 3 aromatic rings. The fourth-order valence-electron chi connectivity index (χ4n) is 2.35. The smallest absolute Gasteiger partial charge is 0.172 e. The number of hydrogen-bond acceptors (Lipinski definition) is 2. The molecule has 0 aliphatic carbocycles. The Bertz CT molecular complexity index is 740. The van der Waals surface area contributed by atoms with Crippen LogP contribution in [-0.4, -0.2) is 15.8 Å². The second kappa shape index (κ2) is 5.78. The maximum absolute atomic E-state index is 4.56. The topological polar surface area (TPSA) is 17.8 Å². The van der Waals surface area contributed by atoms with Gasteiger partial charge in [0.2, 0.25) is 0 Å². The lowest BCUT2D eigenvalue weighted by Crippen LogP contribution is -1.98. The number of hydrogen-bond donors (Lipinski definition) is 0. The van der Waals surface area contributed by atoms with Crippen molar-refractivity contribution in [3.63, 3.8) is 0 Å². The predicted octanol–water partition coefficient (Wildman–Crippen LogP) is 4.88. The lowest BCUT2D eigenvalue weighted by Gasteiger charge is -2.11. The molecule has 0 bridgehead atoms. The van der Waals surface area contributed by atoms with Crippen LogP contribution >= 0.6 is 11.8 Å². The molecule has 106 valence electrons. The molecule has 2 nitrogen and oxygen atoms in total. The van der Waals surface area contributed by atoms with Crippen LogP contribution in [0, 0.1) is 13.8 Å². The van der Waals surface area contributed by atoms with Gasteiger partial charge < -0.3 is 0 Å². The number of benzene rings is 2. The van der Waals surface area contributed by atoms with Crippen molar-refractivity contribution in [1.82, 2.24) is 9.55 Å². The normalized spacial score (nSPS) is 10.8. The molecule has 0 saturated carbocycles. The quantitative estimate of drug-likeness (QED) is 0.641. The molecule has 1 aromatic heterocycles. The van der Waals surface area contributed by atoms with E-state index in [0.717, 1.165) is 16.5 Å². The molecule has 2 aromatic carbocycles. The first-order valence-corrected chi connectivity index (χ1v) is 8.17. The zero-order valence-electron chi connectivity index (χ0n) is 12.5. The van der Waals surface area contributed by atoms with Crippen LogP contribution in [0.15, 0.2) is 59.9 Å². The van der Waals surface area contributed by atoms with Gasteiger partial charge in [-0.2, -0.15) is 0 Å². The van der Waals surface area contributed by atoms with Crippen LogP contribution in [0.3, 0.4) is 0 Å². The van der Waals surface area contributed by atoms with Gasteiger partial charge in [0.15, 0.2) is 5.16 Å². The van der Waals surface area contributed by atoms with Crippen LogP contribution in [0.2, 0.25) is 0 Å². The van der Waals surface area contributed by atoms with Crippen molar-refractivity contribution >= 4 is 11.8 Å². The average Bonchev–Trinajstić information content (AvgIpc) is 2.93. The second-order valence-electron chi connectivity index (χ2n) is 5.17. The third-order valence-corrected chi connectivity index (χ3v) is 4.20. The van der Waals surface area contributed by atoms with Crippen molar-refractivity contribution in [1.29, 1.82) is 0 Å². The molecule has 0 spiro atoms. The van der Waals surface area contributed by atoms with Crippen LogP contribution in [-0.2, 0) is 0 Å². The van der Waals surface area contributed by atoms with E-state index in [4.69, 9.17) is 0 Å². The zero-order chi connectivity index (χ0) is 14.8. The molecular formula is C18H18N2S. The van der Waals surface area contributed by atoms with Crippen LogP contribution < -0.4 is 0 Å². The van der Waals surface area contributed by atoms with Gasteiger partial charge in [0.25, 0.3) is 0 Å². The SMILES string of the molecule is CSc1ncc(-c2ccc(C)cc2)n1-c1ccc(C)cc1. The van der Waals surface area contributed by atoms with Gasteiger partial charge in [0, 0.05) is 11.3 Å². The summed E-state index contributed by atoms with van der Waals surface area (Å²) < 4.78 is 2.22. The third kappa shape index (κ3) is 2.74. The maximum Gasteiger partial charge on any atom is 0.172 e. The van der Waals surface area contributed by atoms with E-state index < -0.39 is 0 Å². The Morgan fingerprint density at radius 1 is 0.857 bits per heavy atom. The summed E-state index contributed by atoms with van der Waals surface area (Å²) in [5.41, 5.74) is 6.00. The van der Waals surface area contributed by atoms with E-state index in [0.29, 0.717) is 0 Å². The van der Waals surface area contributed by atoms with Crippen LogP contribution in [0.4, 0.5) is 0 Å².